The average molecular weight is 360 g/mol. The molecule has 1 aromatic heterocycles. The number of imidazole rings is 1. The van der Waals surface area contributed by atoms with Crippen LogP contribution in [0.25, 0.3) is 11.0 Å². The highest BCUT2D eigenvalue weighted by atomic mass is 16.5. The number of ether oxygens (including phenoxy) is 1. The molecule has 26 heavy (non-hydrogen) atoms. The van der Waals surface area contributed by atoms with Gasteiger partial charge in [0.15, 0.2) is 5.96 Å². The minimum atomic E-state index is 0.584. The molecule has 0 radical (unpaired) electrons. The summed E-state index contributed by atoms with van der Waals surface area (Å²) < 4.78 is 7.84. The Hall–Kier alpha value is -2.08. The monoisotopic (exact) mass is 359 g/mol. The Kier molecular flexibility index (Phi) is 8.41. The summed E-state index contributed by atoms with van der Waals surface area (Å²) in [6.45, 7) is 13.3. The maximum absolute atomic E-state index is 5.60. The summed E-state index contributed by atoms with van der Waals surface area (Å²) in [7, 11) is 0. The molecule has 2 aromatic rings. The third-order valence-electron chi connectivity index (χ3n) is 3.99. The van der Waals surface area contributed by atoms with Crippen molar-refractivity contribution in [2.45, 2.75) is 40.7 Å². The van der Waals surface area contributed by atoms with E-state index in [1.807, 2.05) is 6.07 Å². The second kappa shape index (κ2) is 10.8. The van der Waals surface area contributed by atoms with E-state index >= 15 is 0 Å². The number of fused-ring (bicyclic) bond motifs is 1. The average Bonchev–Trinajstić information content (AvgIpc) is 2.93. The number of hydrogen-bond acceptors (Lipinski definition) is 3. The van der Waals surface area contributed by atoms with Crippen LogP contribution in [-0.2, 0) is 11.3 Å². The van der Waals surface area contributed by atoms with Crippen molar-refractivity contribution in [1.29, 1.82) is 0 Å². The molecule has 0 saturated carbocycles. The second-order valence-electron chi connectivity index (χ2n) is 6.81. The van der Waals surface area contributed by atoms with Crippen LogP contribution in [0, 0.1) is 12.8 Å². The molecule has 0 unspecified atom stereocenters. The van der Waals surface area contributed by atoms with Crippen molar-refractivity contribution in [2.24, 2.45) is 10.9 Å². The van der Waals surface area contributed by atoms with Crippen LogP contribution in [0.3, 0.4) is 0 Å². The molecular formula is C20H33N5O. The summed E-state index contributed by atoms with van der Waals surface area (Å²) in [4.78, 5) is 9.24. The van der Waals surface area contributed by atoms with Gasteiger partial charge >= 0.3 is 0 Å². The van der Waals surface area contributed by atoms with E-state index in [1.54, 1.807) is 0 Å². The number of guanidine groups is 1. The van der Waals surface area contributed by atoms with Crippen molar-refractivity contribution >= 4 is 17.0 Å². The van der Waals surface area contributed by atoms with Gasteiger partial charge in [-0.25, -0.2) is 4.98 Å². The van der Waals surface area contributed by atoms with E-state index in [9.17, 15) is 0 Å². The van der Waals surface area contributed by atoms with Crippen molar-refractivity contribution in [2.75, 3.05) is 32.8 Å². The number of rotatable bonds is 10. The van der Waals surface area contributed by atoms with Crippen LogP contribution in [0.15, 0.2) is 29.3 Å². The van der Waals surface area contributed by atoms with Crippen LogP contribution in [0.5, 0.6) is 0 Å². The fraction of sp³-hybridized carbons (Fsp3) is 0.600. The number of hydrogen-bond donors (Lipinski definition) is 2. The number of nitrogens with one attached hydrogen (secondary N) is 2. The summed E-state index contributed by atoms with van der Waals surface area (Å²) in [6, 6.07) is 8.25. The van der Waals surface area contributed by atoms with Gasteiger partial charge in [-0.3, -0.25) is 4.99 Å². The molecule has 1 heterocycles. The van der Waals surface area contributed by atoms with Gasteiger partial charge in [0.05, 0.1) is 11.0 Å². The Morgan fingerprint density at radius 3 is 2.85 bits per heavy atom. The van der Waals surface area contributed by atoms with Crippen LogP contribution in [0.4, 0.5) is 0 Å². The number of benzene rings is 1. The molecule has 144 valence electrons. The molecule has 1 aromatic carbocycles. The summed E-state index contributed by atoms with van der Waals surface area (Å²) in [5.41, 5.74) is 2.23. The van der Waals surface area contributed by atoms with Gasteiger partial charge in [-0.15, -0.1) is 0 Å². The maximum atomic E-state index is 5.60. The van der Waals surface area contributed by atoms with Gasteiger partial charge in [-0.1, -0.05) is 26.0 Å². The first kappa shape index (κ1) is 20.2. The smallest absolute Gasteiger partial charge is 0.191 e. The first-order chi connectivity index (χ1) is 12.6. The standard InChI is InChI=1S/C20H33N5O/c1-5-21-20(22-11-8-14-26-15-16(2)3)23-12-13-25-17(4)24-18-9-6-7-10-19(18)25/h6-7,9-10,16H,5,8,11-15H2,1-4H3,(H2,21,22,23). The Labute approximate surface area is 157 Å². The molecule has 0 atom stereocenters. The molecule has 6 heteroatoms. The van der Waals surface area contributed by atoms with Crippen LogP contribution in [-0.4, -0.2) is 48.4 Å². The molecular weight excluding hydrogens is 326 g/mol. The van der Waals surface area contributed by atoms with Crippen LogP contribution in [0.1, 0.15) is 33.0 Å². The number of aryl methyl sites for hydroxylation is 1. The minimum Gasteiger partial charge on any atom is -0.381 e. The second-order valence-corrected chi connectivity index (χ2v) is 6.81. The zero-order valence-electron chi connectivity index (χ0n) is 16.6. The minimum absolute atomic E-state index is 0.584. The highest BCUT2D eigenvalue weighted by molar-refractivity contribution is 5.79. The first-order valence-corrected chi connectivity index (χ1v) is 9.63. The van der Waals surface area contributed by atoms with Crippen molar-refractivity contribution in [3.05, 3.63) is 30.1 Å². The van der Waals surface area contributed by atoms with Crippen LogP contribution >= 0.6 is 0 Å². The molecule has 0 amide bonds. The fourth-order valence-electron chi connectivity index (χ4n) is 2.78. The Morgan fingerprint density at radius 1 is 1.27 bits per heavy atom. The van der Waals surface area contributed by atoms with E-state index in [-0.39, 0.29) is 0 Å². The van der Waals surface area contributed by atoms with E-state index < -0.39 is 0 Å². The van der Waals surface area contributed by atoms with Gasteiger partial charge < -0.3 is 19.9 Å². The maximum Gasteiger partial charge on any atom is 0.191 e. The molecule has 0 bridgehead atoms. The molecule has 0 fully saturated rings. The largest absolute Gasteiger partial charge is 0.381 e. The molecule has 0 saturated heterocycles. The predicted octanol–water partition coefficient (Wildman–Crippen LogP) is 2.96. The molecule has 2 rings (SSSR count). The zero-order chi connectivity index (χ0) is 18.8. The predicted molar refractivity (Wildman–Crippen MR) is 109 cm³/mol. The SMILES string of the molecule is CCNC(=NCCCOCC(C)C)NCCn1c(C)nc2ccccc21. The first-order valence-electron chi connectivity index (χ1n) is 9.63. The van der Waals surface area contributed by atoms with Crippen LogP contribution in [0.2, 0.25) is 0 Å². The normalized spacial score (nSPS) is 12.1. The van der Waals surface area contributed by atoms with Gasteiger partial charge in [-0.05, 0) is 38.3 Å². The van der Waals surface area contributed by atoms with E-state index in [1.165, 1.54) is 5.52 Å². The molecule has 0 aliphatic rings. The lowest BCUT2D eigenvalue weighted by Gasteiger charge is -2.13. The van der Waals surface area contributed by atoms with E-state index in [0.29, 0.717) is 5.92 Å². The Bertz CT molecular complexity index is 693. The van der Waals surface area contributed by atoms with Gasteiger partial charge in [-0.2, -0.15) is 0 Å². The Balaban J connectivity index is 1.80. The third-order valence-corrected chi connectivity index (χ3v) is 3.99. The van der Waals surface area contributed by atoms with Crippen LogP contribution < -0.4 is 10.6 Å². The summed E-state index contributed by atoms with van der Waals surface area (Å²) in [5.74, 6) is 2.48. The number of aromatic nitrogens is 2. The van der Waals surface area contributed by atoms with Crippen molar-refractivity contribution in [3.8, 4) is 0 Å². The van der Waals surface area contributed by atoms with Gasteiger partial charge in [0.2, 0.25) is 0 Å². The molecule has 0 spiro atoms. The third kappa shape index (κ3) is 6.33. The number of para-hydroxylation sites is 2. The van der Waals surface area contributed by atoms with Gasteiger partial charge in [0.25, 0.3) is 0 Å². The van der Waals surface area contributed by atoms with E-state index in [4.69, 9.17) is 4.74 Å². The van der Waals surface area contributed by atoms with Crippen molar-refractivity contribution < 1.29 is 4.74 Å². The number of aliphatic imine (C=N–C) groups is 1. The summed E-state index contributed by atoms with van der Waals surface area (Å²) in [6.07, 6.45) is 0.939. The molecule has 0 aliphatic heterocycles. The van der Waals surface area contributed by atoms with Gasteiger partial charge in [0, 0.05) is 39.4 Å². The lowest BCUT2D eigenvalue weighted by Crippen LogP contribution is -2.39. The lowest BCUT2D eigenvalue weighted by atomic mass is 10.2. The molecule has 2 N–H and O–H groups in total. The molecule has 6 nitrogen and oxygen atoms in total. The van der Waals surface area contributed by atoms with E-state index in [0.717, 1.165) is 63.1 Å². The van der Waals surface area contributed by atoms with Crippen molar-refractivity contribution in [1.82, 2.24) is 20.2 Å². The highest BCUT2D eigenvalue weighted by Gasteiger charge is 2.06. The van der Waals surface area contributed by atoms with Gasteiger partial charge in [0.1, 0.15) is 5.82 Å². The topological polar surface area (TPSA) is 63.5 Å². The molecule has 0 aliphatic carbocycles. The summed E-state index contributed by atoms with van der Waals surface area (Å²) in [5, 5.41) is 6.71. The summed E-state index contributed by atoms with van der Waals surface area (Å²) >= 11 is 0. The van der Waals surface area contributed by atoms with E-state index in [2.05, 4.69) is 71.1 Å². The van der Waals surface area contributed by atoms with Crippen molar-refractivity contribution in [3.63, 3.8) is 0 Å². The highest BCUT2D eigenvalue weighted by Crippen LogP contribution is 2.14. The quantitative estimate of drug-likeness (QED) is 0.389. The Morgan fingerprint density at radius 2 is 2.08 bits per heavy atom. The fourth-order valence-corrected chi connectivity index (χ4v) is 2.78. The zero-order valence-corrected chi connectivity index (χ0v) is 16.6. The lowest BCUT2D eigenvalue weighted by molar-refractivity contribution is 0.109. The number of nitrogens with zero attached hydrogens (tertiary/aromatic N) is 3.